The highest BCUT2D eigenvalue weighted by atomic mass is 35.5. The second-order valence-corrected chi connectivity index (χ2v) is 6.92. The molecule has 27 heavy (non-hydrogen) atoms. The number of nitrogens with zero attached hydrogens (tertiary/aromatic N) is 2. The van der Waals surface area contributed by atoms with Gasteiger partial charge in [0.2, 0.25) is 0 Å². The monoisotopic (exact) mass is 410 g/mol. The highest BCUT2D eigenvalue weighted by Crippen LogP contribution is 2.35. The number of rotatable bonds is 2. The normalized spacial score (nSPS) is 14.3. The van der Waals surface area contributed by atoms with Crippen molar-refractivity contribution in [2.24, 2.45) is 0 Å². The molecule has 0 saturated carbocycles. The van der Waals surface area contributed by atoms with Crippen molar-refractivity contribution in [2.45, 2.75) is 0 Å². The zero-order valence-corrected chi connectivity index (χ0v) is 15.5. The highest BCUT2D eigenvalue weighted by Gasteiger charge is 2.27. The van der Waals surface area contributed by atoms with Gasteiger partial charge in [-0.2, -0.15) is 0 Å². The fourth-order valence-corrected chi connectivity index (χ4v) is 3.23. The number of benzene rings is 2. The lowest BCUT2D eigenvalue weighted by molar-refractivity contribution is 0.0535. The standard InChI is InChI=1S/C18H16Cl2N2O5/c19-11-1-2-13(20)12(9-11)18(27)22-5-3-21(4-6-22)17(26)10-7-14(23)16(25)15(24)8-10/h1-2,7-9,23-25H,3-6H2. The van der Waals surface area contributed by atoms with Gasteiger partial charge >= 0.3 is 0 Å². The first-order valence-electron chi connectivity index (χ1n) is 8.06. The second kappa shape index (κ2) is 7.54. The molecule has 0 aliphatic carbocycles. The zero-order valence-electron chi connectivity index (χ0n) is 14.0. The topological polar surface area (TPSA) is 101 Å². The molecule has 0 atom stereocenters. The average Bonchev–Trinajstić information content (AvgIpc) is 2.66. The summed E-state index contributed by atoms with van der Waals surface area (Å²) in [5, 5.41) is 29.2. The number of amides is 2. The summed E-state index contributed by atoms with van der Waals surface area (Å²) in [4.78, 5) is 28.2. The Bertz CT molecular complexity index is 888. The van der Waals surface area contributed by atoms with Gasteiger partial charge < -0.3 is 25.1 Å². The summed E-state index contributed by atoms with van der Waals surface area (Å²) in [5.74, 6) is -2.53. The van der Waals surface area contributed by atoms with Gasteiger partial charge in [0.1, 0.15) is 0 Å². The Morgan fingerprint density at radius 3 is 1.89 bits per heavy atom. The molecule has 7 nitrogen and oxygen atoms in total. The van der Waals surface area contributed by atoms with E-state index in [1.165, 1.54) is 11.0 Å². The Kier molecular flexibility index (Phi) is 5.34. The largest absolute Gasteiger partial charge is 0.504 e. The first kappa shape index (κ1) is 19.1. The van der Waals surface area contributed by atoms with Crippen LogP contribution < -0.4 is 0 Å². The average molecular weight is 411 g/mol. The van der Waals surface area contributed by atoms with Crippen LogP contribution in [-0.4, -0.2) is 63.1 Å². The molecule has 2 aromatic rings. The molecular weight excluding hydrogens is 395 g/mol. The zero-order chi connectivity index (χ0) is 19.7. The van der Waals surface area contributed by atoms with Gasteiger partial charge in [-0.3, -0.25) is 9.59 Å². The van der Waals surface area contributed by atoms with E-state index in [0.29, 0.717) is 28.7 Å². The number of halogens is 2. The molecule has 142 valence electrons. The molecule has 2 amide bonds. The number of carbonyl (C=O) groups excluding carboxylic acids is 2. The van der Waals surface area contributed by atoms with Gasteiger partial charge in [0, 0.05) is 36.8 Å². The molecule has 0 spiro atoms. The quantitative estimate of drug-likeness (QED) is 0.660. The second-order valence-electron chi connectivity index (χ2n) is 6.07. The molecular formula is C18H16Cl2N2O5. The van der Waals surface area contributed by atoms with Gasteiger partial charge in [-0.1, -0.05) is 23.2 Å². The van der Waals surface area contributed by atoms with Gasteiger partial charge in [0.05, 0.1) is 10.6 Å². The fraction of sp³-hybridized carbons (Fsp3) is 0.222. The molecule has 1 aliphatic rings. The maximum atomic E-state index is 12.6. The number of phenolic OH excluding ortho intramolecular Hbond substituents is 3. The summed E-state index contributed by atoms with van der Waals surface area (Å²) >= 11 is 12.0. The van der Waals surface area contributed by atoms with Gasteiger partial charge in [0.15, 0.2) is 17.2 Å². The van der Waals surface area contributed by atoms with Crippen molar-refractivity contribution in [3.05, 3.63) is 51.5 Å². The summed E-state index contributed by atoms with van der Waals surface area (Å²) in [6.07, 6.45) is 0. The summed E-state index contributed by atoms with van der Waals surface area (Å²) in [6.45, 7) is 1.13. The predicted octanol–water partition coefficient (Wildman–Crippen LogP) is 2.71. The number of aromatic hydroxyl groups is 3. The Hall–Kier alpha value is -2.64. The van der Waals surface area contributed by atoms with Crippen LogP contribution in [0.3, 0.4) is 0 Å². The summed E-state index contributed by atoms with van der Waals surface area (Å²) in [6, 6.07) is 6.83. The molecule has 0 radical (unpaired) electrons. The minimum absolute atomic E-state index is 0.0421. The minimum Gasteiger partial charge on any atom is -0.504 e. The third kappa shape index (κ3) is 3.89. The third-order valence-electron chi connectivity index (χ3n) is 4.33. The van der Waals surface area contributed by atoms with E-state index in [9.17, 15) is 24.9 Å². The fourth-order valence-electron chi connectivity index (χ4n) is 2.85. The van der Waals surface area contributed by atoms with E-state index in [-0.39, 0.29) is 24.6 Å². The van der Waals surface area contributed by atoms with Crippen LogP contribution in [0.2, 0.25) is 10.0 Å². The van der Waals surface area contributed by atoms with Crippen molar-refractivity contribution in [2.75, 3.05) is 26.2 Å². The maximum Gasteiger partial charge on any atom is 0.255 e. The van der Waals surface area contributed by atoms with E-state index in [4.69, 9.17) is 23.2 Å². The number of carbonyl (C=O) groups is 2. The first-order valence-corrected chi connectivity index (χ1v) is 8.82. The third-order valence-corrected chi connectivity index (χ3v) is 4.89. The van der Waals surface area contributed by atoms with Gasteiger partial charge in [-0.25, -0.2) is 0 Å². The van der Waals surface area contributed by atoms with Crippen LogP contribution in [0.15, 0.2) is 30.3 Å². The lowest BCUT2D eigenvalue weighted by Crippen LogP contribution is -2.50. The van der Waals surface area contributed by atoms with Crippen LogP contribution >= 0.6 is 23.2 Å². The van der Waals surface area contributed by atoms with Crippen molar-refractivity contribution in [3.63, 3.8) is 0 Å². The van der Waals surface area contributed by atoms with Crippen LogP contribution in [0.25, 0.3) is 0 Å². The van der Waals surface area contributed by atoms with Crippen molar-refractivity contribution in [1.82, 2.24) is 9.80 Å². The van der Waals surface area contributed by atoms with Crippen LogP contribution in [0, 0.1) is 0 Å². The Labute approximate surface area is 165 Å². The molecule has 1 heterocycles. The Balaban J connectivity index is 1.69. The first-order chi connectivity index (χ1) is 12.8. The molecule has 1 saturated heterocycles. The number of hydrogen-bond donors (Lipinski definition) is 3. The van der Waals surface area contributed by atoms with E-state index in [0.717, 1.165) is 12.1 Å². The summed E-state index contributed by atoms with van der Waals surface area (Å²) in [5.41, 5.74) is 0.345. The number of piperazine rings is 1. The van der Waals surface area contributed by atoms with Gasteiger partial charge in [-0.05, 0) is 30.3 Å². The van der Waals surface area contributed by atoms with Gasteiger partial charge in [-0.15, -0.1) is 0 Å². The van der Waals surface area contributed by atoms with Crippen LogP contribution in [0.4, 0.5) is 0 Å². The summed E-state index contributed by atoms with van der Waals surface area (Å²) < 4.78 is 0. The van der Waals surface area contributed by atoms with E-state index in [1.54, 1.807) is 17.0 Å². The van der Waals surface area contributed by atoms with Crippen molar-refractivity contribution >= 4 is 35.0 Å². The molecule has 0 aromatic heterocycles. The van der Waals surface area contributed by atoms with Crippen LogP contribution in [-0.2, 0) is 0 Å². The Morgan fingerprint density at radius 1 is 0.815 bits per heavy atom. The van der Waals surface area contributed by atoms with Crippen molar-refractivity contribution in [3.8, 4) is 17.2 Å². The van der Waals surface area contributed by atoms with Crippen molar-refractivity contribution in [1.29, 1.82) is 0 Å². The summed E-state index contributed by atoms with van der Waals surface area (Å²) in [7, 11) is 0. The molecule has 1 aliphatic heterocycles. The number of hydrogen-bond acceptors (Lipinski definition) is 5. The molecule has 2 aromatic carbocycles. The van der Waals surface area contributed by atoms with Crippen LogP contribution in [0.5, 0.6) is 17.2 Å². The predicted molar refractivity (Wildman–Crippen MR) is 99.7 cm³/mol. The SMILES string of the molecule is O=C(c1cc(O)c(O)c(O)c1)N1CCN(C(=O)c2cc(Cl)ccc2Cl)CC1. The molecule has 0 unspecified atom stereocenters. The van der Waals surface area contributed by atoms with Crippen molar-refractivity contribution < 1.29 is 24.9 Å². The van der Waals surface area contributed by atoms with E-state index in [1.807, 2.05) is 0 Å². The maximum absolute atomic E-state index is 12.6. The van der Waals surface area contributed by atoms with Crippen LogP contribution in [0.1, 0.15) is 20.7 Å². The molecule has 3 rings (SSSR count). The Morgan fingerprint density at radius 2 is 1.33 bits per heavy atom. The smallest absolute Gasteiger partial charge is 0.255 e. The highest BCUT2D eigenvalue weighted by molar-refractivity contribution is 6.35. The number of phenols is 3. The van der Waals surface area contributed by atoms with E-state index in [2.05, 4.69) is 0 Å². The van der Waals surface area contributed by atoms with Gasteiger partial charge in [0.25, 0.3) is 11.8 Å². The lowest BCUT2D eigenvalue weighted by Gasteiger charge is -2.35. The van der Waals surface area contributed by atoms with E-state index < -0.39 is 23.2 Å². The minimum atomic E-state index is -0.680. The van der Waals surface area contributed by atoms with E-state index >= 15 is 0 Å². The lowest BCUT2D eigenvalue weighted by atomic mass is 10.1. The molecule has 1 fully saturated rings. The molecule has 9 heteroatoms. The molecule has 0 bridgehead atoms. The molecule has 3 N–H and O–H groups in total.